The number of rotatable bonds is 6. The summed E-state index contributed by atoms with van der Waals surface area (Å²) < 4.78 is 38.7. The molecule has 1 aromatic carbocycles. The molecule has 8 nitrogen and oxygen atoms in total. The van der Waals surface area contributed by atoms with E-state index in [1.54, 1.807) is 57.9 Å². The first-order valence-electron chi connectivity index (χ1n) is 8.72. The van der Waals surface area contributed by atoms with Gasteiger partial charge in [-0.05, 0) is 37.1 Å². The van der Waals surface area contributed by atoms with Crippen molar-refractivity contribution in [3.63, 3.8) is 0 Å². The Morgan fingerprint density at radius 1 is 1.11 bits per heavy atom. The molecule has 1 aliphatic heterocycles. The maximum atomic E-state index is 12.5. The highest BCUT2D eigenvalue weighted by Gasteiger charge is 2.33. The maximum Gasteiger partial charge on any atom is 0.281 e. The van der Waals surface area contributed by atoms with E-state index < -0.39 is 10.2 Å². The molecule has 1 aromatic heterocycles. The molecule has 0 amide bonds. The Labute approximate surface area is 159 Å². The molecule has 0 aliphatic carbocycles. The van der Waals surface area contributed by atoms with E-state index in [4.69, 9.17) is 9.47 Å². The highest BCUT2D eigenvalue weighted by atomic mass is 32.2. The first-order valence-corrected chi connectivity index (χ1v) is 10.1. The van der Waals surface area contributed by atoms with Gasteiger partial charge < -0.3 is 9.47 Å². The van der Waals surface area contributed by atoms with E-state index in [0.717, 1.165) is 18.6 Å². The topological polar surface area (TPSA) is 84.9 Å². The Kier molecular flexibility index (Phi) is 5.93. The van der Waals surface area contributed by atoms with Crippen LogP contribution < -0.4 is 9.47 Å². The number of aromatic nitrogens is 2. The van der Waals surface area contributed by atoms with Gasteiger partial charge in [0.2, 0.25) is 5.88 Å². The van der Waals surface area contributed by atoms with Crippen LogP contribution in [0.15, 0.2) is 36.7 Å². The first kappa shape index (κ1) is 19.5. The van der Waals surface area contributed by atoms with Crippen molar-refractivity contribution < 1.29 is 17.9 Å². The summed E-state index contributed by atoms with van der Waals surface area (Å²) in [6, 6.07) is 7.19. The molecule has 1 atom stereocenters. The van der Waals surface area contributed by atoms with Gasteiger partial charge in [-0.25, -0.2) is 4.98 Å². The number of hydrogen-bond acceptors (Lipinski definition) is 6. The summed E-state index contributed by atoms with van der Waals surface area (Å²) in [6.07, 6.45) is 4.77. The van der Waals surface area contributed by atoms with E-state index in [1.165, 1.54) is 8.61 Å². The van der Waals surface area contributed by atoms with Gasteiger partial charge in [0.05, 0.1) is 7.11 Å². The number of hydrogen-bond donors (Lipinski definition) is 0. The van der Waals surface area contributed by atoms with Crippen LogP contribution in [0.3, 0.4) is 0 Å². The van der Waals surface area contributed by atoms with Crippen LogP contribution in [-0.4, -0.2) is 61.3 Å². The number of methoxy groups -OCH3 is 1. The van der Waals surface area contributed by atoms with Crippen LogP contribution in [0.1, 0.15) is 24.5 Å². The minimum atomic E-state index is -3.46. The van der Waals surface area contributed by atoms with Crippen molar-refractivity contribution in [2.45, 2.75) is 18.8 Å². The van der Waals surface area contributed by atoms with Crippen molar-refractivity contribution in [2.75, 3.05) is 34.3 Å². The summed E-state index contributed by atoms with van der Waals surface area (Å²) in [5, 5.41) is 0. The second kappa shape index (κ2) is 8.20. The highest BCUT2D eigenvalue weighted by Crippen LogP contribution is 2.33. The molecule has 2 heterocycles. The van der Waals surface area contributed by atoms with Crippen LogP contribution in [0.4, 0.5) is 0 Å². The van der Waals surface area contributed by atoms with E-state index >= 15 is 0 Å². The van der Waals surface area contributed by atoms with E-state index in [-0.39, 0.29) is 5.92 Å². The molecule has 1 aliphatic rings. The summed E-state index contributed by atoms with van der Waals surface area (Å²) in [6.45, 7) is 0.865. The van der Waals surface area contributed by atoms with Gasteiger partial charge in [-0.2, -0.15) is 17.0 Å². The molecule has 0 radical (unpaired) electrons. The van der Waals surface area contributed by atoms with Crippen LogP contribution in [-0.2, 0) is 10.2 Å². The fraction of sp³-hybridized carbons (Fsp3) is 0.444. The molecular formula is C18H24N4O4S. The summed E-state index contributed by atoms with van der Waals surface area (Å²) in [5.41, 5.74) is 0.673. The van der Waals surface area contributed by atoms with Crippen LogP contribution in [0.2, 0.25) is 0 Å². The summed E-state index contributed by atoms with van der Waals surface area (Å²) >= 11 is 0. The smallest absolute Gasteiger partial charge is 0.281 e. The first-order chi connectivity index (χ1) is 12.9. The van der Waals surface area contributed by atoms with Gasteiger partial charge in [-0.3, -0.25) is 4.98 Å². The predicted octanol–water partition coefficient (Wildman–Crippen LogP) is 2.26. The van der Waals surface area contributed by atoms with Crippen molar-refractivity contribution in [3.8, 4) is 17.4 Å². The van der Waals surface area contributed by atoms with Crippen molar-refractivity contribution in [3.05, 3.63) is 42.4 Å². The van der Waals surface area contributed by atoms with Crippen molar-refractivity contribution >= 4 is 10.2 Å². The zero-order valence-electron chi connectivity index (χ0n) is 15.7. The molecule has 1 unspecified atom stereocenters. The minimum absolute atomic E-state index is 0.0737. The lowest BCUT2D eigenvalue weighted by atomic mass is 9.96. The Hall–Kier alpha value is -2.23. The number of ether oxygens (including phenoxy) is 2. The third kappa shape index (κ3) is 4.37. The van der Waals surface area contributed by atoms with Gasteiger partial charge in [0, 0.05) is 45.5 Å². The highest BCUT2D eigenvalue weighted by molar-refractivity contribution is 7.86. The van der Waals surface area contributed by atoms with E-state index in [9.17, 15) is 8.42 Å². The zero-order chi connectivity index (χ0) is 19.4. The lowest BCUT2D eigenvalue weighted by Gasteiger charge is -2.33. The van der Waals surface area contributed by atoms with Crippen molar-refractivity contribution in [2.24, 2.45) is 0 Å². The second-order valence-corrected chi connectivity index (χ2v) is 8.65. The monoisotopic (exact) mass is 392 g/mol. The Morgan fingerprint density at radius 3 is 2.44 bits per heavy atom. The maximum absolute atomic E-state index is 12.5. The van der Waals surface area contributed by atoms with Gasteiger partial charge in [-0.1, -0.05) is 0 Å². The summed E-state index contributed by atoms with van der Waals surface area (Å²) in [7, 11) is 1.23. The molecule has 1 fully saturated rings. The van der Waals surface area contributed by atoms with Gasteiger partial charge in [0.25, 0.3) is 10.2 Å². The zero-order valence-corrected chi connectivity index (χ0v) is 16.5. The number of benzene rings is 1. The number of piperidine rings is 1. The third-order valence-corrected chi connectivity index (χ3v) is 6.43. The molecule has 9 heteroatoms. The molecule has 0 bridgehead atoms. The lowest BCUT2D eigenvalue weighted by Crippen LogP contribution is -2.45. The molecule has 1 saturated heterocycles. The molecule has 0 N–H and O–H groups in total. The van der Waals surface area contributed by atoms with E-state index in [1.807, 2.05) is 0 Å². The van der Waals surface area contributed by atoms with Crippen LogP contribution in [0, 0.1) is 0 Å². The molecular weight excluding hydrogens is 368 g/mol. The van der Waals surface area contributed by atoms with Gasteiger partial charge in [0.1, 0.15) is 17.2 Å². The van der Waals surface area contributed by atoms with Gasteiger partial charge in [0.15, 0.2) is 0 Å². The Morgan fingerprint density at radius 2 is 1.78 bits per heavy atom. The van der Waals surface area contributed by atoms with Crippen LogP contribution >= 0.6 is 0 Å². The van der Waals surface area contributed by atoms with Crippen molar-refractivity contribution in [1.82, 2.24) is 18.6 Å². The Bertz CT molecular complexity index is 871. The quantitative estimate of drug-likeness (QED) is 0.750. The lowest BCUT2D eigenvalue weighted by molar-refractivity contribution is 0.291. The fourth-order valence-electron chi connectivity index (χ4n) is 3.06. The average molecular weight is 392 g/mol. The normalized spacial score (nSPS) is 18.4. The van der Waals surface area contributed by atoms with Gasteiger partial charge >= 0.3 is 0 Å². The predicted molar refractivity (Wildman–Crippen MR) is 101 cm³/mol. The fourth-order valence-corrected chi connectivity index (χ4v) is 4.25. The largest absolute Gasteiger partial charge is 0.497 e. The third-order valence-electron chi connectivity index (χ3n) is 4.52. The Balaban J connectivity index is 1.82. The number of nitrogens with zero attached hydrogens (tertiary/aromatic N) is 4. The SMILES string of the molecule is COc1ccc(Oc2nccnc2C2CCCN(S(=O)(=O)N(C)C)C2)cc1. The minimum Gasteiger partial charge on any atom is -0.497 e. The van der Waals surface area contributed by atoms with Crippen LogP contribution in [0.25, 0.3) is 0 Å². The van der Waals surface area contributed by atoms with E-state index in [0.29, 0.717) is 30.4 Å². The van der Waals surface area contributed by atoms with Gasteiger partial charge in [-0.15, -0.1) is 0 Å². The molecule has 2 aromatic rings. The summed E-state index contributed by atoms with van der Waals surface area (Å²) in [5.74, 6) is 1.68. The summed E-state index contributed by atoms with van der Waals surface area (Å²) in [4.78, 5) is 8.77. The molecule has 0 saturated carbocycles. The molecule has 27 heavy (non-hydrogen) atoms. The molecule has 146 valence electrons. The van der Waals surface area contributed by atoms with Crippen LogP contribution in [0.5, 0.6) is 17.4 Å². The average Bonchev–Trinajstić information content (AvgIpc) is 2.69. The standard InChI is InChI=1S/C18H24N4O4S/c1-21(2)27(23,24)22-12-4-5-14(13-22)17-18(20-11-10-19-17)26-16-8-6-15(25-3)7-9-16/h6-11,14H,4-5,12-13H2,1-3H3. The molecule has 0 spiro atoms. The molecule has 3 rings (SSSR count). The van der Waals surface area contributed by atoms with E-state index in [2.05, 4.69) is 9.97 Å². The second-order valence-electron chi connectivity index (χ2n) is 6.51. The van der Waals surface area contributed by atoms with Crippen molar-refractivity contribution in [1.29, 1.82) is 0 Å².